The molecule has 6 atom stereocenters. The van der Waals surface area contributed by atoms with Crippen molar-refractivity contribution in [2.24, 2.45) is 5.92 Å². The van der Waals surface area contributed by atoms with Gasteiger partial charge < -0.3 is 33.5 Å². The number of aromatic nitrogens is 1. The topological polar surface area (TPSA) is 123 Å². The third-order valence-corrected chi connectivity index (χ3v) is 8.21. The SMILES string of the molecule is CO[C@@H]1[C@H](OC(=O)N2CC(n3cccc(C(=O)O)c3=O)C2)CC[C@]2(CO2)[C@H]1[C@@]1(C)O[C@@H]1CC=C(C)C. The van der Waals surface area contributed by atoms with Crippen LogP contribution in [0.15, 0.2) is 34.8 Å². The highest BCUT2D eigenvalue weighted by atomic mass is 16.6. The van der Waals surface area contributed by atoms with E-state index in [1.807, 2.05) is 0 Å². The number of likely N-dealkylation sites (tertiary alicyclic amines) is 1. The molecule has 0 aromatic carbocycles. The van der Waals surface area contributed by atoms with Crippen LogP contribution >= 0.6 is 0 Å². The molecule has 10 nitrogen and oxygen atoms in total. The highest BCUT2D eigenvalue weighted by Crippen LogP contribution is 2.59. The second-order valence-corrected chi connectivity index (χ2v) is 10.8. The van der Waals surface area contributed by atoms with E-state index in [1.54, 1.807) is 13.3 Å². The zero-order chi connectivity index (χ0) is 25.8. The predicted molar refractivity (Wildman–Crippen MR) is 128 cm³/mol. The summed E-state index contributed by atoms with van der Waals surface area (Å²) < 4.78 is 25.4. The number of allylic oxidation sites excluding steroid dienone is 1. The number of ether oxygens (including phenoxy) is 4. The lowest BCUT2D eigenvalue weighted by molar-refractivity contribution is -0.124. The number of hydrogen-bond acceptors (Lipinski definition) is 7. The van der Waals surface area contributed by atoms with E-state index in [9.17, 15) is 19.5 Å². The molecule has 36 heavy (non-hydrogen) atoms. The highest BCUT2D eigenvalue weighted by molar-refractivity contribution is 5.87. The monoisotopic (exact) mass is 502 g/mol. The van der Waals surface area contributed by atoms with Gasteiger partial charge in [-0.3, -0.25) is 4.79 Å². The molecule has 4 fully saturated rings. The number of amides is 1. The van der Waals surface area contributed by atoms with Gasteiger partial charge in [0.1, 0.15) is 29.0 Å². The van der Waals surface area contributed by atoms with Crippen molar-refractivity contribution in [3.63, 3.8) is 0 Å². The van der Waals surface area contributed by atoms with Gasteiger partial charge in [-0.15, -0.1) is 0 Å². The summed E-state index contributed by atoms with van der Waals surface area (Å²) in [6, 6.07) is 2.51. The molecule has 10 heteroatoms. The summed E-state index contributed by atoms with van der Waals surface area (Å²) in [7, 11) is 1.64. The number of rotatable bonds is 7. The van der Waals surface area contributed by atoms with E-state index in [2.05, 4.69) is 26.8 Å². The first-order valence-electron chi connectivity index (χ1n) is 12.5. The van der Waals surface area contributed by atoms with E-state index in [1.165, 1.54) is 27.2 Å². The number of carbonyl (C=O) groups is 2. The zero-order valence-corrected chi connectivity index (χ0v) is 21.1. The predicted octanol–water partition coefficient (Wildman–Crippen LogP) is 2.62. The summed E-state index contributed by atoms with van der Waals surface area (Å²) in [6.45, 7) is 7.44. The summed E-state index contributed by atoms with van der Waals surface area (Å²) in [5.74, 6) is -1.32. The van der Waals surface area contributed by atoms with Gasteiger partial charge in [-0.2, -0.15) is 0 Å². The Labute approximate surface area is 209 Å². The lowest BCUT2D eigenvalue weighted by Gasteiger charge is -2.44. The van der Waals surface area contributed by atoms with Crippen molar-refractivity contribution in [1.82, 2.24) is 9.47 Å². The van der Waals surface area contributed by atoms with E-state index in [-0.39, 0.29) is 48.4 Å². The molecule has 0 unspecified atom stereocenters. The van der Waals surface area contributed by atoms with Gasteiger partial charge in [0.25, 0.3) is 5.56 Å². The molecule has 1 aromatic heterocycles. The van der Waals surface area contributed by atoms with Crippen molar-refractivity contribution in [3.05, 3.63) is 45.9 Å². The van der Waals surface area contributed by atoms with Crippen LogP contribution in [-0.4, -0.2) is 83.0 Å². The molecular weight excluding hydrogens is 468 g/mol. The normalized spacial score (nSPS) is 35.2. The van der Waals surface area contributed by atoms with E-state index >= 15 is 0 Å². The Morgan fingerprint density at radius 2 is 2.03 bits per heavy atom. The molecule has 1 saturated carbocycles. The van der Waals surface area contributed by atoms with Crippen molar-refractivity contribution < 1.29 is 33.6 Å². The van der Waals surface area contributed by atoms with Crippen molar-refractivity contribution in [3.8, 4) is 0 Å². The molecule has 3 aliphatic heterocycles. The number of carbonyl (C=O) groups excluding carboxylic acids is 1. The zero-order valence-electron chi connectivity index (χ0n) is 21.1. The summed E-state index contributed by atoms with van der Waals surface area (Å²) >= 11 is 0. The summed E-state index contributed by atoms with van der Waals surface area (Å²) in [5, 5.41) is 9.20. The molecule has 1 aliphatic carbocycles. The van der Waals surface area contributed by atoms with Gasteiger partial charge in [0.05, 0.1) is 24.7 Å². The van der Waals surface area contributed by atoms with Gasteiger partial charge >= 0.3 is 12.1 Å². The van der Waals surface area contributed by atoms with Gasteiger partial charge in [0, 0.05) is 26.4 Å². The minimum absolute atomic E-state index is 0.0569. The molecular formula is C26H34N2O8. The van der Waals surface area contributed by atoms with Gasteiger partial charge in [-0.05, 0) is 52.2 Å². The summed E-state index contributed by atoms with van der Waals surface area (Å²) in [5.41, 5.74) is -0.325. The number of epoxide rings is 2. The largest absolute Gasteiger partial charge is 0.477 e. The Kier molecular flexibility index (Phi) is 6.25. The fraction of sp³-hybridized carbons (Fsp3) is 0.654. The number of hydrogen-bond donors (Lipinski definition) is 1. The first-order chi connectivity index (χ1) is 17.1. The van der Waals surface area contributed by atoms with Crippen LogP contribution in [0.2, 0.25) is 0 Å². The maximum atomic E-state index is 13.0. The molecule has 0 radical (unpaired) electrons. The maximum Gasteiger partial charge on any atom is 0.410 e. The van der Waals surface area contributed by atoms with Gasteiger partial charge in [-0.25, -0.2) is 9.59 Å². The first kappa shape index (κ1) is 25.0. The third-order valence-electron chi connectivity index (χ3n) is 8.21. The average molecular weight is 503 g/mol. The molecule has 1 spiro atoms. The number of methoxy groups -OCH3 is 1. The standard InChI is InChI=1S/C26H34N2O8/c1-15(2)7-8-19-25(3,36-19)21-20(33-4)18(9-10-26(21)14-34-26)35-24(32)27-12-16(13-27)28-11-5-6-17(22(28)29)23(30)31/h5-7,11,16,18-21H,8-10,12-14H2,1-4H3,(H,30,31)/t18-,19-,20-,21-,25+,26+/m1/s1. The number of carboxylic acid groups (broad SMARTS) is 1. The van der Waals surface area contributed by atoms with Crippen molar-refractivity contribution >= 4 is 12.1 Å². The van der Waals surface area contributed by atoms with Gasteiger partial charge in [0.15, 0.2) is 0 Å². The van der Waals surface area contributed by atoms with Crippen molar-refractivity contribution in [1.29, 1.82) is 0 Å². The van der Waals surface area contributed by atoms with Crippen LogP contribution in [0.3, 0.4) is 0 Å². The Balaban J connectivity index is 1.24. The van der Waals surface area contributed by atoms with E-state index in [0.717, 1.165) is 12.8 Å². The highest BCUT2D eigenvalue weighted by Gasteiger charge is 2.72. The second kappa shape index (κ2) is 9.00. The minimum atomic E-state index is -1.27. The number of pyridine rings is 1. The van der Waals surface area contributed by atoms with Crippen molar-refractivity contribution in [2.45, 2.75) is 75.6 Å². The Bertz CT molecular complexity index is 1130. The van der Waals surface area contributed by atoms with Gasteiger partial charge in [0.2, 0.25) is 0 Å². The quantitative estimate of drug-likeness (QED) is 0.446. The number of nitrogens with zero attached hydrogens (tertiary/aromatic N) is 2. The Morgan fingerprint density at radius 1 is 1.31 bits per heavy atom. The maximum absolute atomic E-state index is 13.0. The number of carboxylic acids is 1. The van der Waals surface area contributed by atoms with E-state index in [4.69, 9.17) is 18.9 Å². The molecule has 0 bridgehead atoms. The summed E-state index contributed by atoms with van der Waals surface area (Å²) in [6.07, 6.45) is 4.75. The Hall–Kier alpha value is -2.69. The molecule has 1 amide bonds. The van der Waals surface area contributed by atoms with E-state index < -0.39 is 29.3 Å². The lowest BCUT2D eigenvalue weighted by Crippen LogP contribution is -2.58. The van der Waals surface area contributed by atoms with Crippen LogP contribution < -0.4 is 5.56 Å². The molecule has 3 saturated heterocycles. The lowest BCUT2D eigenvalue weighted by atomic mass is 9.68. The smallest absolute Gasteiger partial charge is 0.410 e. The van der Waals surface area contributed by atoms with Crippen LogP contribution in [0.4, 0.5) is 4.79 Å². The van der Waals surface area contributed by atoms with Crippen LogP contribution in [0.25, 0.3) is 0 Å². The van der Waals surface area contributed by atoms with Crippen LogP contribution in [0.5, 0.6) is 0 Å². The first-order valence-corrected chi connectivity index (χ1v) is 12.5. The molecule has 1 N–H and O–H groups in total. The average Bonchev–Trinajstić information content (AvgIpc) is 3.70. The fourth-order valence-corrected chi connectivity index (χ4v) is 6.01. The molecule has 5 rings (SSSR count). The molecule has 196 valence electrons. The van der Waals surface area contributed by atoms with Crippen LogP contribution in [0, 0.1) is 5.92 Å². The minimum Gasteiger partial charge on any atom is -0.477 e. The third kappa shape index (κ3) is 4.25. The fourth-order valence-electron chi connectivity index (χ4n) is 6.01. The van der Waals surface area contributed by atoms with Gasteiger partial charge in [-0.1, -0.05) is 11.6 Å². The Morgan fingerprint density at radius 3 is 2.64 bits per heavy atom. The molecule has 4 aliphatic rings. The van der Waals surface area contributed by atoms with E-state index in [0.29, 0.717) is 13.0 Å². The molecule has 1 aromatic rings. The summed E-state index contributed by atoms with van der Waals surface area (Å²) in [4.78, 5) is 38.2. The second-order valence-electron chi connectivity index (χ2n) is 10.8. The molecule has 4 heterocycles. The van der Waals surface area contributed by atoms with Crippen LogP contribution in [-0.2, 0) is 18.9 Å². The number of aromatic carboxylic acids is 1. The van der Waals surface area contributed by atoms with Crippen molar-refractivity contribution in [2.75, 3.05) is 26.8 Å². The van der Waals surface area contributed by atoms with Crippen LogP contribution in [0.1, 0.15) is 56.4 Å².